The summed E-state index contributed by atoms with van der Waals surface area (Å²) in [6, 6.07) is 7.56. The van der Waals surface area contributed by atoms with Crippen LogP contribution in [0.3, 0.4) is 0 Å². The topological polar surface area (TPSA) is 64.1 Å². The Morgan fingerprint density at radius 2 is 1.90 bits per heavy atom. The second-order valence-corrected chi connectivity index (χ2v) is 4.60. The minimum absolute atomic E-state index is 0.0791. The van der Waals surface area contributed by atoms with E-state index in [-0.39, 0.29) is 12.5 Å². The Morgan fingerprint density at radius 1 is 1.20 bits per heavy atom. The van der Waals surface area contributed by atoms with Crippen LogP contribution >= 0.6 is 0 Å². The lowest BCUT2D eigenvalue weighted by Crippen LogP contribution is -2.21. The highest BCUT2D eigenvalue weighted by molar-refractivity contribution is 5.93. The predicted octanol–water partition coefficient (Wildman–Crippen LogP) is 2.42. The van der Waals surface area contributed by atoms with E-state index in [4.69, 9.17) is 4.74 Å². The molecule has 0 spiro atoms. The standard InChI is InChI=1S/C15H17N3O2/c1-10-5-4-6-11(2)15(10)18-13(19)8-20-14-7-12(3)16-9-17-14/h4-7,9H,8H2,1-3H3,(H,18,19). The van der Waals surface area contributed by atoms with E-state index in [9.17, 15) is 4.79 Å². The van der Waals surface area contributed by atoms with Gasteiger partial charge in [-0.25, -0.2) is 9.97 Å². The average Bonchev–Trinajstić information content (AvgIpc) is 2.41. The van der Waals surface area contributed by atoms with Crippen molar-refractivity contribution < 1.29 is 9.53 Å². The van der Waals surface area contributed by atoms with E-state index >= 15 is 0 Å². The molecule has 104 valence electrons. The van der Waals surface area contributed by atoms with E-state index < -0.39 is 0 Å². The number of carbonyl (C=O) groups excluding carboxylic acids is 1. The Bertz CT molecular complexity index is 606. The first-order valence-corrected chi connectivity index (χ1v) is 6.34. The van der Waals surface area contributed by atoms with Crippen molar-refractivity contribution in [2.75, 3.05) is 11.9 Å². The highest BCUT2D eigenvalue weighted by Crippen LogP contribution is 2.19. The molecule has 1 amide bonds. The molecule has 0 aliphatic rings. The van der Waals surface area contributed by atoms with Gasteiger partial charge in [-0.3, -0.25) is 4.79 Å². The normalized spacial score (nSPS) is 10.2. The lowest BCUT2D eigenvalue weighted by atomic mass is 10.1. The predicted molar refractivity (Wildman–Crippen MR) is 76.8 cm³/mol. The van der Waals surface area contributed by atoms with Gasteiger partial charge in [-0.05, 0) is 31.9 Å². The van der Waals surface area contributed by atoms with Crippen LogP contribution in [0.2, 0.25) is 0 Å². The van der Waals surface area contributed by atoms with Crippen LogP contribution in [0.4, 0.5) is 5.69 Å². The molecule has 1 heterocycles. The maximum absolute atomic E-state index is 11.9. The van der Waals surface area contributed by atoms with Crippen LogP contribution in [-0.2, 0) is 4.79 Å². The molecule has 1 N–H and O–H groups in total. The monoisotopic (exact) mass is 271 g/mol. The quantitative estimate of drug-likeness (QED) is 0.927. The molecule has 20 heavy (non-hydrogen) atoms. The summed E-state index contributed by atoms with van der Waals surface area (Å²) in [5, 5.41) is 2.86. The number of nitrogens with zero attached hydrogens (tertiary/aromatic N) is 2. The van der Waals surface area contributed by atoms with E-state index in [1.807, 2.05) is 39.0 Å². The Hall–Kier alpha value is -2.43. The van der Waals surface area contributed by atoms with Gasteiger partial charge in [0.25, 0.3) is 5.91 Å². The summed E-state index contributed by atoms with van der Waals surface area (Å²) < 4.78 is 5.34. The molecule has 0 unspecified atom stereocenters. The second-order valence-electron chi connectivity index (χ2n) is 4.60. The van der Waals surface area contributed by atoms with E-state index in [0.29, 0.717) is 5.88 Å². The summed E-state index contributed by atoms with van der Waals surface area (Å²) in [6.45, 7) is 5.67. The highest BCUT2D eigenvalue weighted by atomic mass is 16.5. The van der Waals surface area contributed by atoms with Gasteiger partial charge < -0.3 is 10.1 Å². The zero-order valence-electron chi connectivity index (χ0n) is 11.8. The Kier molecular flexibility index (Phi) is 4.30. The van der Waals surface area contributed by atoms with Crippen LogP contribution in [-0.4, -0.2) is 22.5 Å². The Labute approximate surface area is 118 Å². The molecule has 1 aromatic carbocycles. The van der Waals surface area contributed by atoms with E-state index in [1.165, 1.54) is 6.33 Å². The van der Waals surface area contributed by atoms with Crippen molar-refractivity contribution in [2.45, 2.75) is 20.8 Å². The van der Waals surface area contributed by atoms with Crippen molar-refractivity contribution in [3.05, 3.63) is 47.4 Å². The lowest BCUT2D eigenvalue weighted by Gasteiger charge is -2.11. The molecule has 1 aromatic heterocycles. The number of benzene rings is 1. The number of hydrogen-bond donors (Lipinski definition) is 1. The van der Waals surface area contributed by atoms with Crippen molar-refractivity contribution in [3.8, 4) is 5.88 Å². The second kappa shape index (κ2) is 6.14. The number of ether oxygens (including phenoxy) is 1. The van der Waals surface area contributed by atoms with Crippen molar-refractivity contribution in [1.82, 2.24) is 9.97 Å². The SMILES string of the molecule is Cc1cc(OCC(=O)Nc2c(C)cccc2C)ncn1. The van der Waals surface area contributed by atoms with Gasteiger partial charge in [0.1, 0.15) is 6.33 Å². The third-order valence-corrected chi connectivity index (χ3v) is 2.88. The first-order valence-electron chi connectivity index (χ1n) is 6.34. The summed E-state index contributed by atoms with van der Waals surface area (Å²) in [5.74, 6) is 0.188. The maximum Gasteiger partial charge on any atom is 0.262 e. The Balaban J connectivity index is 1.96. The summed E-state index contributed by atoms with van der Waals surface area (Å²) in [4.78, 5) is 19.8. The number of anilines is 1. The van der Waals surface area contributed by atoms with Crippen molar-refractivity contribution in [1.29, 1.82) is 0 Å². The molecule has 5 nitrogen and oxygen atoms in total. The molecule has 0 saturated heterocycles. The fourth-order valence-corrected chi connectivity index (χ4v) is 1.84. The summed E-state index contributed by atoms with van der Waals surface area (Å²) in [6.07, 6.45) is 1.41. The maximum atomic E-state index is 11.9. The van der Waals surface area contributed by atoms with Gasteiger partial charge in [0.2, 0.25) is 5.88 Å². The summed E-state index contributed by atoms with van der Waals surface area (Å²) in [5.41, 5.74) is 3.68. The van der Waals surface area contributed by atoms with Crippen LogP contribution in [0, 0.1) is 20.8 Å². The number of aryl methyl sites for hydroxylation is 3. The smallest absolute Gasteiger partial charge is 0.262 e. The average molecular weight is 271 g/mol. The Morgan fingerprint density at radius 3 is 2.55 bits per heavy atom. The van der Waals surface area contributed by atoms with Crippen LogP contribution in [0.15, 0.2) is 30.6 Å². The number of aromatic nitrogens is 2. The number of nitrogens with one attached hydrogen (secondary N) is 1. The molecule has 2 rings (SSSR count). The zero-order chi connectivity index (χ0) is 14.5. The first kappa shape index (κ1) is 14.0. The molecule has 0 atom stereocenters. The van der Waals surface area contributed by atoms with Gasteiger partial charge in [0.05, 0.1) is 0 Å². The van der Waals surface area contributed by atoms with Crippen LogP contribution in [0.1, 0.15) is 16.8 Å². The molecule has 0 bridgehead atoms. The summed E-state index contributed by atoms with van der Waals surface area (Å²) >= 11 is 0. The largest absolute Gasteiger partial charge is 0.467 e. The highest BCUT2D eigenvalue weighted by Gasteiger charge is 2.08. The number of rotatable bonds is 4. The van der Waals surface area contributed by atoms with Crippen LogP contribution in [0.25, 0.3) is 0 Å². The van der Waals surface area contributed by atoms with E-state index in [2.05, 4.69) is 15.3 Å². The minimum atomic E-state index is -0.210. The number of amides is 1. The number of carbonyl (C=O) groups is 1. The third-order valence-electron chi connectivity index (χ3n) is 2.88. The van der Waals surface area contributed by atoms with E-state index in [0.717, 1.165) is 22.5 Å². The minimum Gasteiger partial charge on any atom is -0.467 e. The van der Waals surface area contributed by atoms with Gasteiger partial charge in [-0.1, -0.05) is 18.2 Å². The number of para-hydroxylation sites is 1. The van der Waals surface area contributed by atoms with Gasteiger partial charge in [-0.2, -0.15) is 0 Å². The van der Waals surface area contributed by atoms with Crippen molar-refractivity contribution in [3.63, 3.8) is 0 Å². The van der Waals surface area contributed by atoms with E-state index in [1.54, 1.807) is 6.07 Å². The van der Waals surface area contributed by atoms with Gasteiger partial charge in [-0.15, -0.1) is 0 Å². The fourth-order valence-electron chi connectivity index (χ4n) is 1.84. The molecule has 0 fully saturated rings. The van der Waals surface area contributed by atoms with Crippen LogP contribution in [0.5, 0.6) is 5.88 Å². The van der Waals surface area contributed by atoms with Gasteiger partial charge in [0, 0.05) is 17.4 Å². The zero-order valence-corrected chi connectivity index (χ0v) is 11.8. The van der Waals surface area contributed by atoms with Gasteiger partial charge in [0.15, 0.2) is 6.61 Å². The summed E-state index contributed by atoms with van der Waals surface area (Å²) in [7, 11) is 0. The molecule has 0 saturated carbocycles. The molecule has 0 aliphatic carbocycles. The van der Waals surface area contributed by atoms with Gasteiger partial charge >= 0.3 is 0 Å². The van der Waals surface area contributed by atoms with Crippen LogP contribution < -0.4 is 10.1 Å². The molecular weight excluding hydrogens is 254 g/mol. The molecular formula is C15H17N3O2. The van der Waals surface area contributed by atoms with Crippen molar-refractivity contribution in [2.24, 2.45) is 0 Å². The molecule has 0 radical (unpaired) electrons. The molecule has 5 heteroatoms. The van der Waals surface area contributed by atoms with Crippen molar-refractivity contribution >= 4 is 11.6 Å². The molecule has 2 aromatic rings. The third kappa shape index (κ3) is 3.54. The fraction of sp³-hybridized carbons (Fsp3) is 0.267. The molecule has 0 aliphatic heterocycles. The number of hydrogen-bond acceptors (Lipinski definition) is 4. The first-order chi connectivity index (χ1) is 9.56. The lowest BCUT2D eigenvalue weighted by molar-refractivity contribution is -0.118.